The lowest BCUT2D eigenvalue weighted by atomic mass is 9.96. The zero-order valence-corrected chi connectivity index (χ0v) is 11.0. The van der Waals surface area contributed by atoms with Crippen LogP contribution in [0.2, 0.25) is 0 Å². The van der Waals surface area contributed by atoms with Crippen LogP contribution in [0.3, 0.4) is 0 Å². The first kappa shape index (κ1) is 15.4. The second-order valence-electron chi connectivity index (χ2n) is 4.54. The summed E-state index contributed by atoms with van der Waals surface area (Å²) in [5.41, 5.74) is 0. The predicted molar refractivity (Wildman–Crippen MR) is 64.9 cm³/mol. The number of amides is 1. The summed E-state index contributed by atoms with van der Waals surface area (Å²) in [7, 11) is 0. The molecule has 1 rings (SSSR count). The van der Waals surface area contributed by atoms with E-state index in [1.165, 1.54) is 0 Å². The lowest BCUT2D eigenvalue weighted by Gasteiger charge is -2.36. The first-order chi connectivity index (χ1) is 8.53. The van der Waals surface area contributed by atoms with Gasteiger partial charge in [0.2, 0.25) is 5.91 Å². The highest BCUT2D eigenvalue weighted by molar-refractivity contribution is 5.76. The first-order valence-corrected chi connectivity index (χ1v) is 6.43. The summed E-state index contributed by atoms with van der Waals surface area (Å²) in [6.45, 7) is 4.71. The molecule has 1 heterocycles. The van der Waals surface area contributed by atoms with Gasteiger partial charge in [0.05, 0.1) is 25.2 Å². The molecule has 1 aliphatic heterocycles. The van der Waals surface area contributed by atoms with Crippen LogP contribution in [0.5, 0.6) is 0 Å². The quantitative estimate of drug-likeness (QED) is 0.598. The fourth-order valence-electron chi connectivity index (χ4n) is 2.22. The van der Waals surface area contributed by atoms with Crippen molar-refractivity contribution in [2.75, 3.05) is 19.7 Å². The molecule has 18 heavy (non-hydrogen) atoms. The van der Waals surface area contributed by atoms with E-state index in [4.69, 9.17) is 9.84 Å². The van der Waals surface area contributed by atoms with Gasteiger partial charge in [0, 0.05) is 19.5 Å². The van der Waals surface area contributed by atoms with E-state index in [0.717, 1.165) is 0 Å². The standard InChI is InChI=1S/C12H23NO5/c1-3-13(4-2)11(16)6-8-5-9(15)12(17)10(7-14)18-8/h8-10,12,14-15,17H,3-7H2,1-2H3/t8-,9?,10?,12?/m0/s1. The van der Waals surface area contributed by atoms with Crippen molar-refractivity contribution in [3.05, 3.63) is 0 Å². The van der Waals surface area contributed by atoms with E-state index in [1.54, 1.807) is 4.90 Å². The Labute approximate surface area is 107 Å². The van der Waals surface area contributed by atoms with Gasteiger partial charge in [-0.2, -0.15) is 0 Å². The number of nitrogens with zero attached hydrogens (tertiary/aromatic N) is 1. The maximum Gasteiger partial charge on any atom is 0.225 e. The van der Waals surface area contributed by atoms with Gasteiger partial charge in [-0.25, -0.2) is 0 Å². The fourth-order valence-corrected chi connectivity index (χ4v) is 2.22. The Balaban J connectivity index is 2.55. The molecular formula is C12H23NO5. The van der Waals surface area contributed by atoms with Crippen LogP contribution in [-0.4, -0.2) is 70.2 Å². The number of ether oxygens (including phenoxy) is 1. The highest BCUT2D eigenvalue weighted by Gasteiger charge is 2.37. The van der Waals surface area contributed by atoms with Crippen molar-refractivity contribution >= 4 is 5.91 Å². The molecule has 0 bridgehead atoms. The molecule has 0 aromatic heterocycles. The molecule has 106 valence electrons. The summed E-state index contributed by atoms with van der Waals surface area (Å²) >= 11 is 0. The van der Waals surface area contributed by atoms with Crippen LogP contribution in [0.25, 0.3) is 0 Å². The Morgan fingerprint density at radius 2 is 1.94 bits per heavy atom. The molecule has 3 unspecified atom stereocenters. The molecule has 1 aliphatic rings. The van der Waals surface area contributed by atoms with Gasteiger partial charge >= 0.3 is 0 Å². The van der Waals surface area contributed by atoms with Crippen molar-refractivity contribution in [1.29, 1.82) is 0 Å². The van der Waals surface area contributed by atoms with Gasteiger partial charge in [-0.15, -0.1) is 0 Å². The van der Waals surface area contributed by atoms with Gasteiger partial charge in [-0.05, 0) is 13.8 Å². The number of rotatable bonds is 5. The second-order valence-corrected chi connectivity index (χ2v) is 4.54. The lowest BCUT2D eigenvalue weighted by Crippen LogP contribution is -2.50. The van der Waals surface area contributed by atoms with Crippen molar-refractivity contribution in [1.82, 2.24) is 4.90 Å². The predicted octanol–water partition coefficient (Wildman–Crippen LogP) is -0.883. The summed E-state index contributed by atoms with van der Waals surface area (Å²) in [6, 6.07) is 0. The number of hydrogen-bond acceptors (Lipinski definition) is 5. The number of hydrogen-bond donors (Lipinski definition) is 3. The normalized spacial score (nSPS) is 32.3. The van der Waals surface area contributed by atoms with Crippen molar-refractivity contribution in [3.8, 4) is 0 Å². The molecule has 0 spiro atoms. The maximum atomic E-state index is 11.9. The summed E-state index contributed by atoms with van der Waals surface area (Å²) in [4.78, 5) is 13.6. The van der Waals surface area contributed by atoms with Crippen LogP contribution in [0.15, 0.2) is 0 Å². The SMILES string of the molecule is CCN(CC)C(=O)C[C@@H]1CC(O)C(O)C(CO)O1. The topological polar surface area (TPSA) is 90.2 Å². The van der Waals surface area contributed by atoms with E-state index >= 15 is 0 Å². The number of carbonyl (C=O) groups is 1. The zero-order valence-electron chi connectivity index (χ0n) is 11.0. The molecule has 1 saturated heterocycles. The van der Waals surface area contributed by atoms with Gasteiger partial charge < -0.3 is 25.0 Å². The first-order valence-electron chi connectivity index (χ1n) is 6.43. The van der Waals surface area contributed by atoms with Gasteiger partial charge in [0.15, 0.2) is 0 Å². The average molecular weight is 261 g/mol. The van der Waals surface area contributed by atoms with Gasteiger partial charge in [-0.3, -0.25) is 4.79 Å². The van der Waals surface area contributed by atoms with Crippen molar-refractivity contribution < 1.29 is 24.9 Å². The lowest BCUT2D eigenvalue weighted by molar-refractivity contribution is -0.183. The molecule has 6 heteroatoms. The Bertz CT molecular complexity index is 269. The van der Waals surface area contributed by atoms with Crippen LogP contribution in [0, 0.1) is 0 Å². The summed E-state index contributed by atoms with van der Waals surface area (Å²) in [6.07, 6.45) is -2.93. The van der Waals surface area contributed by atoms with E-state index in [2.05, 4.69) is 0 Å². The molecule has 1 fully saturated rings. The molecule has 6 nitrogen and oxygen atoms in total. The Morgan fingerprint density at radius 1 is 1.33 bits per heavy atom. The number of carbonyl (C=O) groups excluding carboxylic acids is 1. The van der Waals surface area contributed by atoms with E-state index < -0.39 is 24.4 Å². The van der Waals surface area contributed by atoms with Crippen LogP contribution in [0.1, 0.15) is 26.7 Å². The summed E-state index contributed by atoms with van der Waals surface area (Å²) in [5.74, 6) is -0.0368. The fraction of sp³-hybridized carbons (Fsp3) is 0.917. The number of aliphatic hydroxyl groups is 3. The highest BCUT2D eigenvalue weighted by atomic mass is 16.5. The minimum Gasteiger partial charge on any atom is -0.394 e. The molecule has 4 atom stereocenters. The van der Waals surface area contributed by atoms with Gasteiger partial charge in [0.25, 0.3) is 0 Å². The Kier molecular flexibility index (Phi) is 6.01. The molecule has 0 aromatic rings. The van der Waals surface area contributed by atoms with Crippen molar-refractivity contribution in [2.24, 2.45) is 0 Å². The molecule has 1 amide bonds. The smallest absolute Gasteiger partial charge is 0.225 e. The van der Waals surface area contributed by atoms with Crippen molar-refractivity contribution in [2.45, 2.75) is 51.1 Å². The largest absolute Gasteiger partial charge is 0.394 e. The highest BCUT2D eigenvalue weighted by Crippen LogP contribution is 2.22. The molecule has 0 radical (unpaired) electrons. The van der Waals surface area contributed by atoms with Crippen LogP contribution in [-0.2, 0) is 9.53 Å². The maximum absolute atomic E-state index is 11.9. The molecular weight excluding hydrogens is 238 g/mol. The van der Waals surface area contributed by atoms with Gasteiger partial charge in [-0.1, -0.05) is 0 Å². The van der Waals surface area contributed by atoms with Gasteiger partial charge in [0.1, 0.15) is 12.2 Å². The Morgan fingerprint density at radius 3 is 2.44 bits per heavy atom. The van der Waals surface area contributed by atoms with E-state index in [-0.39, 0.29) is 25.4 Å². The molecule has 0 saturated carbocycles. The van der Waals surface area contributed by atoms with E-state index in [0.29, 0.717) is 13.1 Å². The van der Waals surface area contributed by atoms with E-state index in [1.807, 2.05) is 13.8 Å². The van der Waals surface area contributed by atoms with E-state index in [9.17, 15) is 15.0 Å². The minimum atomic E-state index is -1.09. The van der Waals surface area contributed by atoms with Crippen LogP contribution in [0.4, 0.5) is 0 Å². The third kappa shape index (κ3) is 3.65. The average Bonchev–Trinajstić information content (AvgIpc) is 2.35. The molecule has 0 aromatic carbocycles. The molecule has 3 N–H and O–H groups in total. The summed E-state index contributed by atoms with van der Waals surface area (Å²) < 4.78 is 5.42. The van der Waals surface area contributed by atoms with Crippen LogP contribution >= 0.6 is 0 Å². The molecule has 0 aliphatic carbocycles. The zero-order chi connectivity index (χ0) is 13.7. The summed E-state index contributed by atoms with van der Waals surface area (Å²) in [5, 5.41) is 28.3. The third-order valence-corrected chi connectivity index (χ3v) is 3.35. The second kappa shape index (κ2) is 7.04. The minimum absolute atomic E-state index is 0.0368. The monoisotopic (exact) mass is 261 g/mol. The van der Waals surface area contributed by atoms with Crippen molar-refractivity contribution in [3.63, 3.8) is 0 Å². The number of aliphatic hydroxyl groups excluding tert-OH is 3. The Hall–Kier alpha value is -0.690. The van der Waals surface area contributed by atoms with Crippen LogP contribution < -0.4 is 0 Å². The third-order valence-electron chi connectivity index (χ3n) is 3.35.